The van der Waals surface area contributed by atoms with Gasteiger partial charge in [0.2, 0.25) is 11.8 Å². The fourth-order valence-electron chi connectivity index (χ4n) is 4.58. The molecule has 0 bridgehead atoms. The van der Waals surface area contributed by atoms with Gasteiger partial charge in [0.25, 0.3) is 12.4 Å². The van der Waals surface area contributed by atoms with Crippen LogP contribution in [0, 0.1) is 11.8 Å². The summed E-state index contributed by atoms with van der Waals surface area (Å²) in [5.74, 6) is -0.514. The molecule has 2 saturated heterocycles. The molecule has 2 atom stereocenters. The van der Waals surface area contributed by atoms with Crippen LogP contribution in [-0.2, 0) is 19.1 Å². The van der Waals surface area contributed by atoms with Crippen LogP contribution in [-0.4, -0.2) is 82.4 Å². The van der Waals surface area contributed by atoms with E-state index in [2.05, 4.69) is 25.3 Å². The number of fused-ring (bicyclic) bond motifs is 1. The maximum atomic E-state index is 12.8. The summed E-state index contributed by atoms with van der Waals surface area (Å²) >= 11 is 0. The lowest BCUT2D eigenvalue weighted by Crippen LogP contribution is -2.43. The second-order valence-electron chi connectivity index (χ2n) is 8.29. The predicted molar refractivity (Wildman–Crippen MR) is 112 cm³/mol. The Morgan fingerprint density at radius 1 is 1.15 bits per heavy atom. The highest BCUT2D eigenvalue weighted by atomic mass is 16.5. The molecule has 33 heavy (non-hydrogen) atoms. The molecule has 3 N–H and O–H groups in total. The second kappa shape index (κ2) is 10.8. The largest absolute Gasteiger partial charge is 0.483 e. The van der Waals surface area contributed by atoms with Crippen LogP contribution in [0.4, 0.5) is 0 Å². The minimum absolute atomic E-state index is 0.0270. The molecule has 1 saturated carbocycles. The summed E-state index contributed by atoms with van der Waals surface area (Å²) < 4.78 is 4.56. The molecule has 12 heteroatoms. The van der Waals surface area contributed by atoms with Gasteiger partial charge in [0, 0.05) is 37.4 Å². The number of carboxylic acid groups (broad SMARTS) is 1. The number of nitrogens with zero attached hydrogens (tertiary/aromatic N) is 3. The standard InChI is InChI=1S/C20H25N5O5.CH2O2/c1-30-20(29)15-8-21-14(7-22-15)18(27)23-13-4-2-11(3-5-13)19(28)25-9-12-6-17(26)24-16(12)10-25;2-1-3/h7-8,11-13,16H,2-6,9-10H2,1H3,(H,23,27)(H,24,26);1H,(H,2,3)/t11?,12-,13?,16+;/m0./s1. The fourth-order valence-corrected chi connectivity index (χ4v) is 4.58. The number of esters is 1. The zero-order valence-corrected chi connectivity index (χ0v) is 18.2. The molecular weight excluding hydrogens is 434 g/mol. The Hall–Kier alpha value is -3.57. The highest BCUT2D eigenvalue weighted by molar-refractivity contribution is 5.93. The Labute approximate surface area is 190 Å². The molecule has 0 radical (unpaired) electrons. The normalized spacial score (nSPS) is 25.7. The van der Waals surface area contributed by atoms with Crippen LogP contribution in [0.1, 0.15) is 53.1 Å². The fraction of sp³-hybridized carbons (Fsp3) is 0.571. The van der Waals surface area contributed by atoms with Gasteiger partial charge in [-0.2, -0.15) is 0 Å². The van der Waals surface area contributed by atoms with Crippen molar-refractivity contribution in [3.8, 4) is 0 Å². The molecule has 12 nitrogen and oxygen atoms in total. The Bertz CT molecular complexity index is 883. The third-order valence-electron chi connectivity index (χ3n) is 6.24. The molecule has 4 rings (SSSR count). The number of rotatable bonds is 4. The summed E-state index contributed by atoms with van der Waals surface area (Å²) in [6, 6.07) is 0.0737. The first kappa shape index (κ1) is 24.1. The number of amides is 3. The van der Waals surface area contributed by atoms with E-state index in [4.69, 9.17) is 9.90 Å². The topological polar surface area (TPSA) is 168 Å². The van der Waals surface area contributed by atoms with E-state index in [-0.39, 0.29) is 59.5 Å². The molecule has 1 aromatic heterocycles. The van der Waals surface area contributed by atoms with Crippen LogP contribution in [0.2, 0.25) is 0 Å². The van der Waals surface area contributed by atoms with Crippen LogP contribution in [0.5, 0.6) is 0 Å². The van der Waals surface area contributed by atoms with Crippen LogP contribution in [0.15, 0.2) is 12.4 Å². The monoisotopic (exact) mass is 461 g/mol. The summed E-state index contributed by atoms with van der Waals surface area (Å²) in [7, 11) is 1.25. The molecule has 2 aliphatic heterocycles. The van der Waals surface area contributed by atoms with Gasteiger partial charge in [0.05, 0.1) is 25.5 Å². The highest BCUT2D eigenvalue weighted by Gasteiger charge is 2.43. The number of nitrogens with one attached hydrogen (secondary N) is 2. The smallest absolute Gasteiger partial charge is 0.358 e. The maximum absolute atomic E-state index is 12.8. The number of ether oxygens (including phenoxy) is 1. The summed E-state index contributed by atoms with van der Waals surface area (Å²) in [4.78, 5) is 66.2. The molecule has 0 unspecified atom stereocenters. The third-order valence-corrected chi connectivity index (χ3v) is 6.24. The molecule has 178 valence electrons. The van der Waals surface area contributed by atoms with Crippen molar-refractivity contribution in [2.75, 3.05) is 20.2 Å². The Morgan fingerprint density at radius 3 is 2.36 bits per heavy atom. The van der Waals surface area contributed by atoms with Crippen molar-refractivity contribution >= 4 is 30.2 Å². The lowest BCUT2D eigenvalue weighted by molar-refractivity contribution is -0.136. The van der Waals surface area contributed by atoms with Crippen LogP contribution in [0.3, 0.4) is 0 Å². The quantitative estimate of drug-likeness (QED) is 0.399. The molecule has 0 aromatic carbocycles. The molecule has 3 amide bonds. The Kier molecular flexibility index (Phi) is 7.91. The average Bonchev–Trinajstić information content (AvgIpc) is 3.36. The SMILES string of the molecule is COC(=O)c1cnc(C(=O)NC2CCC(C(=O)N3C[C@@H]4CC(=O)N[C@@H]4C3)CC2)cn1.O=CO. The summed E-state index contributed by atoms with van der Waals surface area (Å²) in [5, 5.41) is 12.8. The van der Waals surface area contributed by atoms with Crippen molar-refractivity contribution in [2.24, 2.45) is 11.8 Å². The summed E-state index contributed by atoms with van der Waals surface area (Å²) in [6.45, 7) is 1.01. The first-order valence-corrected chi connectivity index (χ1v) is 10.7. The van der Waals surface area contributed by atoms with E-state index < -0.39 is 5.97 Å². The van der Waals surface area contributed by atoms with Gasteiger partial charge in [-0.3, -0.25) is 19.2 Å². The first-order chi connectivity index (χ1) is 15.9. The molecule has 3 aliphatic rings. The maximum Gasteiger partial charge on any atom is 0.358 e. The molecule has 1 aromatic rings. The lowest BCUT2D eigenvalue weighted by Gasteiger charge is -2.31. The number of hydrogen-bond acceptors (Lipinski definition) is 8. The van der Waals surface area contributed by atoms with Gasteiger partial charge in [-0.05, 0) is 25.7 Å². The molecule has 3 fully saturated rings. The van der Waals surface area contributed by atoms with Gasteiger partial charge in [0.15, 0.2) is 5.69 Å². The highest BCUT2D eigenvalue weighted by Crippen LogP contribution is 2.31. The van der Waals surface area contributed by atoms with E-state index in [1.54, 1.807) is 0 Å². The van der Waals surface area contributed by atoms with Gasteiger partial charge < -0.3 is 25.4 Å². The van der Waals surface area contributed by atoms with Gasteiger partial charge >= 0.3 is 5.97 Å². The van der Waals surface area contributed by atoms with Gasteiger partial charge in [-0.15, -0.1) is 0 Å². The van der Waals surface area contributed by atoms with E-state index in [1.807, 2.05) is 4.90 Å². The second-order valence-corrected chi connectivity index (χ2v) is 8.29. The zero-order chi connectivity index (χ0) is 24.0. The molecule has 0 spiro atoms. The molecule has 3 heterocycles. The first-order valence-electron chi connectivity index (χ1n) is 10.7. The number of methoxy groups -OCH3 is 1. The summed E-state index contributed by atoms with van der Waals surface area (Å²) in [5.41, 5.74) is 0.171. The Morgan fingerprint density at radius 2 is 1.79 bits per heavy atom. The zero-order valence-electron chi connectivity index (χ0n) is 18.2. The van der Waals surface area contributed by atoms with E-state index in [1.165, 1.54) is 19.5 Å². The van der Waals surface area contributed by atoms with E-state index in [0.717, 1.165) is 12.8 Å². The number of hydrogen-bond donors (Lipinski definition) is 3. The Balaban J connectivity index is 0.000000968. The summed E-state index contributed by atoms with van der Waals surface area (Å²) in [6.07, 6.45) is 5.84. The number of carbonyl (C=O) groups is 5. The average molecular weight is 461 g/mol. The van der Waals surface area contributed by atoms with E-state index >= 15 is 0 Å². The number of aromatic nitrogens is 2. The third kappa shape index (κ3) is 5.82. The van der Waals surface area contributed by atoms with Crippen molar-refractivity contribution in [2.45, 2.75) is 44.2 Å². The number of likely N-dealkylation sites (tertiary alicyclic amines) is 1. The number of carbonyl (C=O) groups excluding carboxylic acids is 4. The van der Waals surface area contributed by atoms with Crippen molar-refractivity contribution in [1.29, 1.82) is 0 Å². The van der Waals surface area contributed by atoms with Crippen molar-refractivity contribution in [3.05, 3.63) is 23.8 Å². The van der Waals surface area contributed by atoms with Crippen molar-refractivity contribution in [3.63, 3.8) is 0 Å². The van der Waals surface area contributed by atoms with Gasteiger partial charge in [0.1, 0.15) is 5.69 Å². The molecular formula is C21H27N5O7. The van der Waals surface area contributed by atoms with E-state index in [0.29, 0.717) is 32.4 Å². The molecule has 1 aliphatic carbocycles. The van der Waals surface area contributed by atoms with Crippen LogP contribution < -0.4 is 10.6 Å². The van der Waals surface area contributed by atoms with Crippen molar-refractivity contribution in [1.82, 2.24) is 25.5 Å². The minimum atomic E-state index is -0.610. The van der Waals surface area contributed by atoms with Crippen LogP contribution >= 0.6 is 0 Å². The van der Waals surface area contributed by atoms with Gasteiger partial charge in [-0.1, -0.05) is 0 Å². The van der Waals surface area contributed by atoms with Crippen LogP contribution in [0.25, 0.3) is 0 Å². The van der Waals surface area contributed by atoms with Crippen molar-refractivity contribution < 1.29 is 33.8 Å². The van der Waals surface area contributed by atoms with E-state index in [9.17, 15) is 19.2 Å². The predicted octanol–water partition coefficient (Wildman–Crippen LogP) is -0.400. The van der Waals surface area contributed by atoms with Gasteiger partial charge in [-0.25, -0.2) is 14.8 Å². The lowest BCUT2D eigenvalue weighted by atomic mass is 9.85. The minimum Gasteiger partial charge on any atom is -0.483 e.